The van der Waals surface area contributed by atoms with E-state index in [1.165, 1.54) is 17.3 Å². The zero-order valence-corrected chi connectivity index (χ0v) is 19.8. The predicted molar refractivity (Wildman–Crippen MR) is 135 cm³/mol. The molecule has 1 unspecified atom stereocenters. The molecule has 6 nitrogen and oxygen atoms in total. The Balaban J connectivity index is 1.49. The van der Waals surface area contributed by atoms with E-state index in [2.05, 4.69) is 12.2 Å². The highest BCUT2D eigenvalue weighted by molar-refractivity contribution is 8.15. The number of aryl methyl sites for hydroxylation is 2. The summed E-state index contributed by atoms with van der Waals surface area (Å²) < 4.78 is 5.18. The van der Waals surface area contributed by atoms with E-state index in [0.29, 0.717) is 18.3 Å². The fourth-order valence-corrected chi connectivity index (χ4v) is 4.85. The van der Waals surface area contributed by atoms with Gasteiger partial charge in [-0.25, -0.2) is 4.99 Å². The van der Waals surface area contributed by atoms with Crippen LogP contribution >= 0.6 is 11.8 Å². The molecule has 170 valence electrons. The van der Waals surface area contributed by atoms with Crippen LogP contribution in [0.15, 0.2) is 65.7 Å². The fourth-order valence-electron chi connectivity index (χ4n) is 3.67. The molecule has 7 heteroatoms. The maximum atomic E-state index is 13.1. The second-order valence-corrected chi connectivity index (χ2v) is 9.24. The zero-order chi connectivity index (χ0) is 23.4. The third kappa shape index (κ3) is 5.43. The van der Waals surface area contributed by atoms with Crippen LogP contribution in [0, 0.1) is 13.8 Å². The number of carbonyl (C=O) groups excluding carboxylic acids is 2. The van der Waals surface area contributed by atoms with E-state index < -0.39 is 5.25 Å². The molecule has 4 rings (SSSR count). The molecule has 3 aromatic rings. The number of carbonyl (C=O) groups is 2. The van der Waals surface area contributed by atoms with Crippen LogP contribution in [0.1, 0.15) is 17.5 Å². The van der Waals surface area contributed by atoms with Gasteiger partial charge in [0.05, 0.1) is 18.8 Å². The Morgan fingerprint density at radius 3 is 2.61 bits per heavy atom. The first-order valence-corrected chi connectivity index (χ1v) is 11.7. The summed E-state index contributed by atoms with van der Waals surface area (Å²) >= 11 is 1.33. The second-order valence-electron chi connectivity index (χ2n) is 8.07. The highest BCUT2D eigenvalue weighted by Crippen LogP contribution is 2.32. The van der Waals surface area contributed by atoms with Gasteiger partial charge < -0.3 is 10.1 Å². The second kappa shape index (κ2) is 10.2. The number of hydrogen-bond donors (Lipinski definition) is 1. The van der Waals surface area contributed by atoms with E-state index in [0.717, 1.165) is 27.7 Å². The Morgan fingerprint density at radius 2 is 1.85 bits per heavy atom. The van der Waals surface area contributed by atoms with Crippen molar-refractivity contribution in [2.75, 3.05) is 25.6 Å². The minimum Gasteiger partial charge on any atom is -0.383 e. The average molecular weight is 462 g/mol. The maximum Gasteiger partial charge on any atom is 0.242 e. The van der Waals surface area contributed by atoms with E-state index in [4.69, 9.17) is 9.73 Å². The first-order chi connectivity index (χ1) is 15.9. The lowest BCUT2D eigenvalue weighted by Crippen LogP contribution is -2.35. The maximum absolute atomic E-state index is 13.1. The van der Waals surface area contributed by atoms with E-state index in [-0.39, 0.29) is 18.2 Å². The number of hydrogen-bond acceptors (Lipinski definition) is 5. The molecular formula is C26H27N3O3S. The number of benzene rings is 3. The SMILES string of the molecule is COCCN1C(=O)C(CC(=O)Nc2ccc3ccccc3c2)SC1=Nc1ccc(C)c(C)c1. The summed E-state index contributed by atoms with van der Waals surface area (Å²) in [5.41, 5.74) is 3.83. The molecule has 1 aliphatic rings. The van der Waals surface area contributed by atoms with Crippen LogP contribution in [-0.4, -0.2) is 47.4 Å². The number of rotatable bonds is 7. The average Bonchev–Trinajstić information content (AvgIpc) is 3.08. The van der Waals surface area contributed by atoms with Crippen molar-refractivity contribution in [3.63, 3.8) is 0 Å². The van der Waals surface area contributed by atoms with Crippen molar-refractivity contribution in [3.05, 3.63) is 71.8 Å². The van der Waals surface area contributed by atoms with Crippen LogP contribution in [0.3, 0.4) is 0 Å². The topological polar surface area (TPSA) is 71.0 Å². The number of methoxy groups -OCH3 is 1. The van der Waals surface area contributed by atoms with Crippen LogP contribution in [0.4, 0.5) is 11.4 Å². The number of nitrogens with zero attached hydrogens (tertiary/aromatic N) is 2. The molecule has 0 radical (unpaired) electrons. The minimum atomic E-state index is -0.521. The molecule has 33 heavy (non-hydrogen) atoms. The van der Waals surface area contributed by atoms with Gasteiger partial charge in [0.1, 0.15) is 5.25 Å². The number of amidine groups is 1. The fraction of sp³-hybridized carbons (Fsp3) is 0.269. The highest BCUT2D eigenvalue weighted by Gasteiger charge is 2.39. The van der Waals surface area contributed by atoms with Crippen molar-refractivity contribution in [1.82, 2.24) is 4.90 Å². The number of anilines is 1. The van der Waals surface area contributed by atoms with Gasteiger partial charge in [0.25, 0.3) is 0 Å². The molecule has 3 aromatic carbocycles. The Morgan fingerprint density at radius 1 is 1.06 bits per heavy atom. The molecular weight excluding hydrogens is 434 g/mol. The minimum absolute atomic E-state index is 0.0752. The first-order valence-electron chi connectivity index (χ1n) is 10.9. The molecule has 0 bridgehead atoms. The summed E-state index contributed by atoms with van der Waals surface area (Å²) in [5, 5.41) is 5.17. The van der Waals surface area contributed by atoms with Crippen molar-refractivity contribution in [2.45, 2.75) is 25.5 Å². The van der Waals surface area contributed by atoms with Gasteiger partial charge in [-0.15, -0.1) is 0 Å². The molecule has 0 saturated carbocycles. The lowest BCUT2D eigenvalue weighted by molar-refractivity contribution is -0.128. The molecule has 0 aliphatic carbocycles. The largest absolute Gasteiger partial charge is 0.383 e. The molecule has 1 atom stereocenters. The molecule has 1 N–H and O–H groups in total. The van der Waals surface area contributed by atoms with E-state index in [1.807, 2.05) is 67.6 Å². The number of ether oxygens (including phenoxy) is 1. The summed E-state index contributed by atoms with van der Waals surface area (Å²) in [6.45, 7) is 4.88. The molecule has 1 fully saturated rings. The summed E-state index contributed by atoms with van der Waals surface area (Å²) in [5.74, 6) is -0.316. The normalized spacial score (nSPS) is 17.2. The number of nitrogens with one attached hydrogen (secondary N) is 1. The van der Waals surface area contributed by atoms with Gasteiger partial charge in [0.15, 0.2) is 5.17 Å². The Hall–Kier alpha value is -3.16. The summed E-state index contributed by atoms with van der Waals surface area (Å²) in [6.07, 6.45) is 0.0752. The van der Waals surface area contributed by atoms with Gasteiger partial charge in [0.2, 0.25) is 11.8 Å². The smallest absolute Gasteiger partial charge is 0.242 e. The Kier molecular flexibility index (Phi) is 7.11. The lowest BCUT2D eigenvalue weighted by atomic mass is 10.1. The van der Waals surface area contributed by atoms with Crippen molar-refractivity contribution in [2.24, 2.45) is 4.99 Å². The summed E-state index contributed by atoms with van der Waals surface area (Å²) in [4.78, 5) is 32.2. The van der Waals surface area contributed by atoms with E-state index >= 15 is 0 Å². The van der Waals surface area contributed by atoms with Gasteiger partial charge in [-0.1, -0.05) is 48.2 Å². The monoisotopic (exact) mass is 461 g/mol. The van der Waals surface area contributed by atoms with E-state index in [1.54, 1.807) is 12.0 Å². The first kappa shape index (κ1) is 23.0. The molecule has 1 heterocycles. The number of fused-ring (bicyclic) bond motifs is 1. The quantitative estimate of drug-likeness (QED) is 0.534. The third-order valence-corrected chi connectivity index (χ3v) is 6.83. The van der Waals surface area contributed by atoms with E-state index in [9.17, 15) is 9.59 Å². The highest BCUT2D eigenvalue weighted by atomic mass is 32.2. The molecule has 1 saturated heterocycles. The van der Waals surface area contributed by atoms with Crippen molar-refractivity contribution in [3.8, 4) is 0 Å². The number of thioether (sulfide) groups is 1. The van der Waals surface area contributed by atoms with Crippen LogP contribution in [0.2, 0.25) is 0 Å². The van der Waals surface area contributed by atoms with Crippen LogP contribution in [0.25, 0.3) is 10.8 Å². The lowest BCUT2D eigenvalue weighted by Gasteiger charge is -2.16. The van der Waals surface area contributed by atoms with Crippen molar-refractivity contribution < 1.29 is 14.3 Å². The van der Waals surface area contributed by atoms with Crippen LogP contribution in [-0.2, 0) is 14.3 Å². The van der Waals surface area contributed by atoms with Gasteiger partial charge in [0, 0.05) is 19.2 Å². The molecule has 2 amide bonds. The number of amides is 2. The Labute approximate surface area is 198 Å². The molecule has 0 spiro atoms. The van der Waals surface area contributed by atoms with Crippen molar-refractivity contribution in [1.29, 1.82) is 0 Å². The number of aliphatic imine (C=N–C) groups is 1. The molecule has 0 aromatic heterocycles. The summed E-state index contributed by atoms with van der Waals surface area (Å²) in [7, 11) is 1.60. The predicted octanol–water partition coefficient (Wildman–Crippen LogP) is 5.06. The Bertz CT molecular complexity index is 1220. The third-order valence-electron chi connectivity index (χ3n) is 5.66. The summed E-state index contributed by atoms with van der Waals surface area (Å²) in [6, 6.07) is 19.7. The molecule has 1 aliphatic heterocycles. The zero-order valence-electron chi connectivity index (χ0n) is 19.0. The van der Waals surface area contributed by atoms with Crippen molar-refractivity contribution >= 4 is 50.9 Å². The van der Waals surface area contributed by atoms with Gasteiger partial charge in [-0.3, -0.25) is 14.5 Å². The standard InChI is InChI=1S/C26H27N3O3S/c1-17-8-10-21(14-18(17)2)28-26-29(12-13-32-3)25(31)23(33-26)16-24(30)27-22-11-9-19-6-4-5-7-20(19)15-22/h4-11,14-15,23H,12-13,16H2,1-3H3,(H,27,30). The van der Waals surface area contributed by atoms with Crippen LogP contribution in [0.5, 0.6) is 0 Å². The van der Waals surface area contributed by atoms with Gasteiger partial charge >= 0.3 is 0 Å². The van der Waals surface area contributed by atoms with Gasteiger partial charge in [-0.2, -0.15) is 0 Å². The van der Waals surface area contributed by atoms with Gasteiger partial charge in [-0.05, 0) is 60.0 Å². The van der Waals surface area contributed by atoms with Crippen LogP contribution < -0.4 is 5.32 Å².